The average molecular weight is 244 g/mol. The molecule has 0 spiro atoms. The number of rotatable bonds is 5. The molecule has 0 radical (unpaired) electrons. The standard InChI is InChI=1S/C12H24N2O3/c1-10(2)4-5-13-12(15)14-6-7-17-11(8-14)9-16-3/h10-11H,4-9H2,1-3H3,(H,13,15). The third-order valence-electron chi connectivity index (χ3n) is 2.78. The first-order chi connectivity index (χ1) is 8.13. The van der Waals surface area contributed by atoms with E-state index in [0.29, 0.717) is 32.2 Å². The van der Waals surface area contributed by atoms with Gasteiger partial charge in [-0.2, -0.15) is 0 Å². The average Bonchev–Trinajstić information content (AvgIpc) is 2.29. The zero-order valence-corrected chi connectivity index (χ0v) is 11.1. The highest BCUT2D eigenvalue weighted by atomic mass is 16.5. The zero-order valence-electron chi connectivity index (χ0n) is 11.1. The summed E-state index contributed by atoms with van der Waals surface area (Å²) in [6.07, 6.45) is 1.02. The van der Waals surface area contributed by atoms with E-state index in [0.717, 1.165) is 13.0 Å². The highest BCUT2D eigenvalue weighted by Gasteiger charge is 2.23. The highest BCUT2D eigenvalue weighted by Crippen LogP contribution is 2.06. The van der Waals surface area contributed by atoms with Gasteiger partial charge in [-0.05, 0) is 12.3 Å². The molecular weight excluding hydrogens is 220 g/mol. The molecule has 1 heterocycles. The van der Waals surface area contributed by atoms with Crippen LogP contribution < -0.4 is 5.32 Å². The molecular formula is C12H24N2O3. The molecule has 1 atom stereocenters. The number of carbonyl (C=O) groups is 1. The van der Waals surface area contributed by atoms with Crippen molar-refractivity contribution >= 4 is 6.03 Å². The summed E-state index contributed by atoms with van der Waals surface area (Å²) in [5.41, 5.74) is 0. The number of amides is 2. The Hall–Kier alpha value is -0.810. The maximum atomic E-state index is 11.8. The van der Waals surface area contributed by atoms with Crippen LogP contribution in [0.2, 0.25) is 0 Å². The summed E-state index contributed by atoms with van der Waals surface area (Å²) in [4.78, 5) is 13.6. The Morgan fingerprint density at radius 1 is 1.59 bits per heavy atom. The Balaban J connectivity index is 2.25. The summed E-state index contributed by atoms with van der Waals surface area (Å²) in [5.74, 6) is 0.612. The minimum absolute atomic E-state index is 0.00426. The maximum absolute atomic E-state index is 11.8. The van der Waals surface area contributed by atoms with Crippen molar-refractivity contribution in [1.29, 1.82) is 0 Å². The molecule has 17 heavy (non-hydrogen) atoms. The van der Waals surface area contributed by atoms with Gasteiger partial charge in [0.1, 0.15) is 0 Å². The van der Waals surface area contributed by atoms with Crippen molar-refractivity contribution in [2.45, 2.75) is 26.4 Å². The Labute approximate surface area is 103 Å². The monoisotopic (exact) mass is 244 g/mol. The van der Waals surface area contributed by atoms with Crippen LogP contribution in [0.15, 0.2) is 0 Å². The number of nitrogens with zero attached hydrogens (tertiary/aromatic N) is 1. The quantitative estimate of drug-likeness (QED) is 0.787. The van der Waals surface area contributed by atoms with Crippen LogP contribution in [0.25, 0.3) is 0 Å². The molecule has 0 aliphatic carbocycles. The SMILES string of the molecule is COCC1CN(C(=O)NCCC(C)C)CCO1. The molecule has 1 aliphatic heterocycles. The lowest BCUT2D eigenvalue weighted by molar-refractivity contribution is -0.0494. The molecule has 0 bridgehead atoms. The summed E-state index contributed by atoms with van der Waals surface area (Å²) in [6, 6.07) is 0.00931. The van der Waals surface area contributed by atoms with E-state index in [-0.39, 0.29) is 12.1 Å². The van der Waals surface area contributed by atoms with E-state index in [4.69, 9.17) is 9.47 Å². The molecule has 1 N–H and O–H groups in total. The summed E-state index contributed by atoms with van der Waals surface area (Å²) < 4.78 is 10.5. The molecule has 5 nitrogen and oxygen atoms in total. The van der Waals surface area contributed by atoms with Crippen LogP contribution in [-0.2, 0) is 9.47 Å². The van der Waals surface area contributed by atoms with Gasteiger partial charge in [0.2, 0.25) is 0 Å². The molecule has 5 heteroatoms. The van der Waals surface area contributed by atoms with Gasteiger partial charge in [0.25, 0.3) is 0 Å². The largest absolute Gasteiger partial charge is 0.382 e. The summed E-state index contributed by atoms with van der Waals surface area (Å²) in [7, 11) is 1.64. The zero-order chi connectivity index (χ0) is 12.7. The summed E-state index contributed by atoms with van der Waals surface area (Å²) >= 11 is 0. The molecule has 1 aliphatic rings. The van der Waals surface area contributed by atoms with Gasteiger partial charge in [-0.25, -0.2) is 4.79 Å². The van der Waals surface area contributed by atoms with Gasteiger partial charge in [0.15, 0.2) is 0 Å². The number of ether oxygens (including phenoxy) is 2. The van der Waals surface area contributed by atoms with Gasteiger partial charge in [-0.15, -0.1) is 0 Å². The van der Waals surface area contributed by atoms with E-state index in [1.54, 1.807) is 12.0 Å². The highest BCUT2D eigenvalue weighted by molar-refractivity contribution is 5.74. The molecule has 0 saturated carbocycles. The first-order valence-electron chi connectivity index (χ1n) is 6.26. The van der Waals surface area contributed by atoms with Crippen molar-refractivity contribution < 1.29 is 14.3 Å². The first-order valence-corrected chi connectivity index (χ1v) is 6.26. The van der Waals surface area contributed by atoms with Crippen LogP contribution in [0.5, 0.6) is 0 Å². The molecule has 1 saturated heterocycles. The van der Waals surface area contributed by atoms with E-state index in [1.165, 1.54) is 0 Å². The van der Waals surface area contributed by atoms with Crippen LogP contribution in [0.3, 0.4) is 0 Å². The van der Waals surface area contributed by atoms with E-state index < -0.39 is 0 Å². The first kappa shape index (κ1) is 14.3. The van der Waals surface area contributed by atoms with E-state index in [9.17, 15) is 4.79 Å². The van der Waals surface area contributed by atoms with Gasteiger partial charge in [-0.3, -0.25) is 0 Å². The Bertz CT molecular complexity index is 232. The van der Waals surface area contributed by atoms with Crippen molar-refractivity contribution in [1.82, 2.24) is 10.2 Å². The van der Waals surface area contributed by atoms with Crippen LogP contribution >= 0.6 is 0 Å². The Morgan fingerprint density at radius 3 is 3.00 bits per heavy atom. The minimum atomic E-state index is 0.00426. The van der Waals surface area contributed by atoms with Gasteiger partial charge >= 0.3 is 6.03 Å². The molecule has 0 aromatic carbocycles. The normalized spacial score (nSPS) is 20.7. The molecule has 0 aromatic rings. The van der Waals surface area contributed by atoms with Gasteiger partial charge in [-0.1, -0.05) is 13.8 Å². The lowest BCUT2D eigenvalue weighted by atomic mass is 10.1. The molecule has 100 valence electrons. The third kappa shape index (κ3) is 5.37. The fourth-order valence-electron chi connectivity index (χ4n) is 1.77. The predicted octanol–water partition coefficient (Wildman–Crippen LogP) is 1.09. The Morgan fingerprint density at radius 2 is 2.35 bits per heavy atom. The van der Waals surface area contributed by atoms with Gasteiger partial charge < -0.3 is 19.7 Å². The number of nitrogens with one attached hydrogen (secondary N) is 1. The number of hydrogen-bond acceptors (Lipinski definition) is 3. The predicted molar refractivity (Wildman–Crippen MR) is 66.0 cm³/mol. The smallest absolute Gasteiger partial charge is 0.317 e. The molecule has 1 fully saturated rings. The maximum Gasteiger partial charge on any atom is 0.317 e. The fraction of sp³-hybridized carbons (Fsp3) is 0.917. The van der Waals surface area contributed by atoms with Crippen LogP contribution in [0.4, 0.5) is 4.79 Å². The lowest BCUT2D eigenvalue weighted by Crippen LogP contribution is -2.50. The number of morpholine rings is 1. The van der Waals surface area contributed by atoms with Crippen LogP contribution in [0.1, 0.15) is 20.3 Å². The minimum Gasteiger partial charge on any atom is -0.382 e. The number of urea groups is 1. The lowest BCUT2D eigenvalue weighted by Gasteiger charge is -2.32. The van der Waals surface area contributed by atoms with E-state index >= 15 is 0 Å². The third-order valence-corrected chi connectivity index (χ3v) is 2.78. The molecule has 1 unspecified atom stereocenters. The molecule has 2 amide bonds. The number of carbonyl (C=O) groups excluding carboxylic acids is 1. The summed E-state index contributed by atoms with van der Waals surface area (Å²) in [5, 5.41) is 2.94. The van der Waals surface area contributed by atoms with E-state index in [2.05, 4.69) is 19.2 Å². The van der Waals surface area contributed by atoms with Crippen molar-refractivity contribution in [2.75, 3.05) is 40.0 Å². The fourth-order valence-corrected chi connectivity index (χ4v) is 1.77. The Kier molecular flexibility index (Phi) is 6.29. The van der Waals surface area contributed by atoms with Gasteiger partial charge in [0, 0.05) is 20.2 Å². The number of hydrogen-bond donors (Lipinski definition) is 1. The molecule has 1 rings (SSSR count). The van der Waals surface area contributed by atoms with Crippen molar-refractivity contribution in [3.8, 4) is 0 Å². The van der Waals surface area contributed by atoms with Crippen LogP contribution in [-0.4, -0.2) is 57.0 Å². The summed E-state index contributed by atoms with van der Waals surface area (Å²) in [6.45, 7) is 7.43. The second-order valence-corrected chi connectivity index (χ2v) is 4.81. The van der Waals surface area contributed by atoms with Gasteiger partial charge in [0.05, 0.1) is 25.9 Å². The van der Waals surface area contributed by atoms with Crippen molar-refractivity contribution in [3.63, 3.8) is 0 Å². The number of methoxy groups -OCH3 is 1. The van der Waals surface area contributed by atoms with Crippen LogP contribution in [0, 0.1) is 5.92 Å². The van der Waals surface area contributed by atoms with E-state index in [1.807, 2.05) is 0 Å². The van der Waals surface area contributed by atoms with Crippen molar-refractivity contribution in [2.24, 2.45) is 5.92 Å². The topological polar surface area (TPSA) is 50.8 Å². The van der Waals surface area contributed by atoms with Crippen molar-refractivity contribution in [3.05, 3.63) is 0 Å². The second kappa shape index (κ2) is 7.50. The second-order valence-electron chi connectivity index (χ2n) is 4.81. The molecule has 0 aromatic heterocycles.